The third-order valence-corrected chi connectivity index (χ3v) is 12.3. The SMILES string of the molecule is C[C@H](NC(=O)[C@H](CS)NC(=O)[C@@H](N)CCCNC(=N)N)C(=O)N[C@@H](CCCNC(=N)N)C(=O)N[C@H](Cc1ccccc1)C(=O)N[C@@H](CCCNC(=N)N)C(=O)N[C@H](Cc1c[nH]c2ccccc12)C(=O)N[C@@H](CS)C(=O)O. The van der Waals surface area contributed by atoms with Gasteiger partial charge in [-0.1, -0.05) is 48.5 Å². The first-order chi connectivity index (χ1) is 36.1. The minimum absolute atomic E-state index is 0.0721. The molecule has 0 saturated carbocycles. The van der Waals surface area contributed by atoms with Crippen molar-refractivity contribution in [1.29, 1.82) is 16.2 Å². The van der Waals surface area contributed by atoms with Gasteiger partial charge in [0.05, 0.1) is 6.04 Å². The smallest absolute Gasteiger partial charge is 0.327 e. The van der Waals surface area contributed by atoms with E-state index >= 15 is 0 Å². The van der Waals surface area contributed by atoms with Crippen molar-refractivity contribution in [1.82, 2.24) is 58.2 Å². The Balaban J connectivity index is 1.91. The summed E-state index contributed by atoms with van der Waals surface area (Å²) in [6.07, 6.45) is 2.17. The van der Waals surface area contributed by atoms with Gasteiger partial charge in [-0.2, -0.15) is 25.3 Å². The maximum Gasteiger partial charge on any atom is 0.327 e. The number of nitrogens with one attached hydrogen (secondary N) is 14. The Morgan fingerprint density at radius 1 is 0.539 bits per heavy atom. The number of rotatable bonds is 33. The fraction of sp³-hybridized carbons (Fsp3) is 0.468. The number of aromatic amines is 1. The molecule has 3 rings (SSSR count). The van der Waals surface area contributed by atoms with Gasteiger partial charge in [-0.3, -0.25) is 49.8 Å². The number of hydrogen-bond acceptors (Lipinski definition) is 14. The molecule has 7 amide bonds. The second-order valence-electron chi connectivity index (χ2n) is 17.6. The number of para-hydroxylation sites is 1. The summed E-state index contributed by atoms with van der Waals surface area (Å²) in [7, 11) is 0. The molecular weight excluding hydrogens is 1020 g/mol. The van der Waals surface area contributed by atoms with Crippen LogP contribution < -0.4 is 76.1 Å². The molecule has 23 N–H and O–H groups in total. The quantitative estimate of drug-likeness (QED) is 0.0121. The van der Waals surface area contributed by atoms with Gasteiger partial charge in [0.2, 0.25) is 41.4 Å². The summed E-state index contributed by atoms with van der Waals surface area (Å²) in [5.41, 5.74) is 24.2. The number of aromatic nitrogens is 1. The molecule has 0 aliphatic rings. The van der Waals surface area contributed by atoms with Crippen LogP contribution in [0.1, 0.15) is 56.6 Å². The Morgan fingerprint density at radius 2 is 0.961 bits per heavy atom. The summed E-state index contributed by atoms with van der Waals surface area (Å²) in [6.45, 7) is 1.84. The average Bonchev–Trinajstić information content (AvgIpc) is 3.79. The third kappa shape index (κ3) is 22.0. The molecule has 27 nitrogen and oxygen atoms in total. The highest BCUT2D eigenvalue weighted by atomic mass is 32.1. The molecule has 0 bridgehead atoms. The molecule has 2 aromatic carbocycles. The minimum Gasteiger partial charge on any atom is -0.480 e. The van der Waals surface area contributed by atoms with Gasteiger partial charge < -0.3 is 86.2 Å². The lowest BCUT2D eigenvalue weighted by Crippen LogP contribution is -2.60. The molecule has 1 aromatic heterocycles. The number of thiol groups is 2. The summed E-state index contributed by atoms with van der Waals surface area (Å²) in [5, 5.41) is 58.8. The number of carbonyl (C=O) groups excluding carboxylic acids is 7. The Morgan fingerprint density at radius 3 is 1.47 bits per heavy atom. The molecule has 29 heteroatoms. The zero-order chi connectivity index (χ0) is 56.3. The number of guanidine groups is 3. The summed E-state index contributed by atoms with van der Waals surface area (Å²) in [5.74, 6) is -8.42. The second-order valence-corrected chi connectivity index (χ2v) is 18.3. The van der Waals surface area contributed by atoms with Crippen molar-refractivity contribution >= 4 is 101 Å². The van der Waals surface area contributed by atoms with Gasteiger partial charge in [-0.15, -0.1) is 0 Å². The molecule has 0 unspecified atom stereocenters. The second kappa shape index (κ2) is 32.5. The van der Waals surface area contributed by atoms with Crippen molar-refractivity contribution < 1.29 is 43.5 Å². The number of hydrogen-bond donors (Lipinski definition) is 21. The standard InChI is InChI=1S/C47H72N18O9S2/c1-25(59-43(72)35(23-75)64-38(67)29(48)13-7-17-55-45(49)50)37(66)60-31(15-8-18-56-46(51)52)39(68)62-33(20-26-10-3-2-4-11-26)41(70)61-32(16-9-19-57-47(53)54)40(69)63-34(42(71)65-36(24-76)44(73)74)21-27-22-58-30-14-6-5-12-28(27)30/h2-6,10-12,14,22,25,29,31-36,58,75-76H,7-9,13,15-21,23-24,48H2,1H3,(H,59,72)(H,60,66)(H,61,70)(H,62,68)(H,63,69)(H,64,67)(H,65,71)(H,73,74)(H4,49,50,55)(H4,51,52,56)(H4,53,54,57)/t25-,29-,31-,32-,33+,34+,35-,36-/m0/s1. The fourth-order valence-corrected chi connectivity index (χ4v) is 7.99. The van der Waals surface area contributed by atoms with Crippen molar-refractivity contribution in [3.63, 3.8) is 0 Å². The Kier molecular flexibility index (Phi) is 26.7. The van der Waals surface area contributed by atoms with Crippen LogP contribution in [0, 0.1) is 16.2 Å². The first-order valence-corrected chi connectivity index (χ1v) is 25.6. The summed E-state index contributed by atoms with van der Waals surface area (Å²) < 4.78 is 0. The molecule has 0 aliphatic heterocycles. The normalized spacial score (nSPS) is 14.1. The molecule has 0 radical (unpaired) electrons. The van der Waals surface area contributed by atoms with Gasteiger partial charge in [0, 0.05) is 61.1 Å². The zero-order valence-electron chi connectivity index (χ0n) is 42.0. The molecule has 0 fully saturated rings. The number of nitrogens with two attached hydrogens (primary N) is 4. The maximum absolute atomic E-state index is 14.6. The van der Waals surface area contributed by atoms with E-state index in [4.69, 9.17) is 39.2 Å². The van der Waals surface area contributed by atoms with Crippen LogP contribution in [0.15, 0.2) is 60.8 Å². The van der Waals surface area contributed by atoms with E-state index in [-0.39, 0.29) is 87.4 Å². The molecule has 0 aliphatic carbocycles. The first-order valence-electron chi connectivity index (χ1n) is 24.3. The number of aliphatic carboxylic acids is 1. The average molecular weight is 1100 g/mol. The van der Waals surface area contributed by atoms with Crippen LogP contribution in [0.4, 0.5) is 0 Å². The molecule has 416 valence electrons. The molecule has 3 aromatic rings. The lowest BCUT2D eigenvalue weighted by molar-refractivity contribution is -0.141. The fourth-order valence-electron chi connectivity index (χ4n) is 7.48. The number of benzene rings is 2. The zero-order valence-corrected chi connectivity index (χ0v) is 43.8. The lowest BCUT2D eigenvalue weighted by Gasteiger charge is -2.27. The van der Waals surface area contributed by atoms with Gasteiger partial charge in [0.1, 0.15) is 42.3 Å². The van der Waals surface area contributed by atoms with E-state index in [1.165, 1.54) is 6.92 Å². The van der Waals surface area contributed by atoms with E-state index in [0.29, 0.717) is 24.1 Å². The summed E-state index contributed by atoms with van der Waals surface area (Å²) >= 11 is 8.24. The van der Waals surface area contributed by atoms with E-state index in [1.54, 1.807) is 54.7 Å². The lowest BCUT2D eigenvalue weighted by atomic mass is 10.0. The first kappa shape index (κ1) is 62.5. The third-order valence-electron chi connectivity index (χ3n) is 11.6. The predicted molar refractivity (Wildman–Crippen MR) is 292 cm³/mol. The Hall–Kier alpha value is -7.79. The topological polar surface area (TPSA) is 469 Å². The van der Waals surface area contributed by atoms with Crippen molar-refractivity contribution in [2.75, 3.05) is 31.1 Å². The highest BCUT2D eigenvalue weighted by Crippen LogP contribution is 2.20. The van der Waals surface area contributed by atoms with E-state index < -0.39 is 95.7 Å². The van der Waals surface area contributed by atoms with E-state index in [9.17, 15) is 43.5 Å². The van der Waals surface area contributed by atoms with E-state index in [1.807, 2.05) is 6.07 Å². The monoisotopic (exact) mass is 1100 g/mol. The van der Waals surface area contributed by atoms with Crippen LogP contribution in [-0.4, -0.2) is 155 Å². The van der Waals surface area contributed by atoms with E-state index in [0.717, 1.165) is 10.9 Å². The Bertz CT molecular complexity index is 2480. The van der Waals surface area contributed by atoms with Gasteiger partial charge >= 0.3 is 5.97 Å². The number of fused-ring (bicyclic) bond motifs is 1. The van der Waals surface area contributed by atoms with Crippen LogP contribution in [0.3, 0.4) is 0 Å². The van der Waals surface area contributed by atoms with Gasteiger partial charge in [-0.05, 0) is 62.6 Å². The van der Waals surface area contributed by atoms with Gasteiger partial charge in [0.15, 0.2) is 17.9 Å². The molecule has 8 atom stereocenters. The van der Waals surface area contributed by atoms with E-state index in [2.05, 4.69) is 83.4 Å². The van der Waals surface area contributed by atoms with Crippen LogP contribution in [0.2, 0.25) is 0 Å². The van der Waals surface area contributed by atoms with Crippen LogP contribution in [0.25, 0.3) is 10.9 Å². The number of carboxylic acid groups (broad SMARTS) is 1. The van der Waals surface area contributed by atoms with Gasteiger partial charge in [0.25, 0.3) is 0 Å². The van der Waals surface area contributed by atoms with Crippen molar-refractivity contribution in [2.24, 2.45) is 22.9 Å². The molecule has 0 spiro atoms. The van der Waals surface area contributed by atoms with Crippen LogP contribution in [-0.2, 0) is 51.2 Å². The number of amides is 7. The largest absolute Gasteiger partial charge is 0.480 e. The number of carbonyl (C=O) groups is 8. The molecule has 76 heavy (non-hydrogen) atoms. The predicted octanol–water partition coefficient (Wildman–Crippen LogP) is -3.57. The molecule has 0 saturated heterocycles. The number of carboxylic acids is 1. The van der Waals surface area contributed by atoms with Crippen molar-refractivity contribution in [3.05, 3.63) is 71.9 Å². The summed E-state index contributed by atoms with van der Waals surface area (Å²) in [4.78, 5) is 112. The Labute approximate surface area is 450 Å². The summed E-state index contributed by atoms with van der Waals surface area (Å²) in [6, 6.07) is 5.27. The van der Waals surface area contributed by atoms with Gasteiger partial charge in [-0.25, -0.2) is 4.79 Å². The van der Waals surface area contributed by atoms with Crippen molar-refractivity contribution in [3.8, 4) is 0 Å². The highest BCUT2D eigenvalue weighted by Gasteiger charge is 2.34. The van der Waals surface area contributed by atoms with Crippen LogP contribution in [0.5, 0.6) is 0 Å². The van der Waals surface area contributed by atoms with Crippen LogP contribution >= 0.6 is 25.3 Å². The minimum atomic E-state index is -1.42. The highest BCUT2D eigenvalue weighted by molar-refractivity contribution is 7.80. The molecule has 1 heterocycles. The molecular formula is C47H72N18O9S2. The number of H-pyrrole nitrogens is 1. The van der Waals surface area contributed by atoms with Crippen molar-refractivity contribution in [2.45, 2.75) is 107 Å². The maximum atomic E-state index is 14.6.